The molecular weight excluding hydrogens is 324 g/mol. The molecule has 2 aliphatic heterocycles. The summed E-state index contributed by atoms with van der Waals surface area (Å²) in [5.74, 6) is 0. The minimum atomic E-state index is -0.491. The van der Waals surface area contributed by atoms with Crippen LogP contribution in [0.15, 0.2) is 18.2 Å². The van der Waals surface area contributed by atoms with E-state index in [1.54, 1.807) is 6.07 Å². The van der Waals surface area contributed by atoms with Gasteiger partial charge in [0.2, 0.25) is 0 Å². The molecule has 134 valence electrons. The molecule has 0 spiro atoms. The molecule has 0 aromatic heterocycles. The van der Waals surface area contributed by atoms with Crippen LogP contribution >= 0.6 is 0 Å². The highest BCUT2D eigenvalue weighted by Gasteiger charge is 2.28. The van der Waals surface area contributed by atoms with Crippen LogP contribution in [0.5, 0.6) is 0 Å². The molecule has 0 aliphatic carbocycles. The summed E-state index contributed by atoms with van der Waals surface area (Å²) in [6, 6.07) is 6.46. The monoisotopic (exact) mass is 346 g/mol. The van der Waals surface area contributed by atoms with E-state index >= 15 is 0 Å². The van der Waals surface area contributed by atoms with Crippen LogP contribution in [0.2, 0.25) is 0 Å². The molecule has 3 rings (SSSR count). The van der Waals surface area contributed by atoms with E-state index in [1.807, 2.05) is 0 Å². The Balaban J connectivity index is 1.58. The predicted molar refractivity (Wildman–Crippen MR) is 91.4 cm³/mol. The fourth-order valence-electron chi connectivity index (χ4n) is 3.46. The number of anilines is 1. The quantitative estimate of drug-likeness (QED) is 0.629. The number of benzene rings is 1. The van der Waals surface area contributed by atoms with Crippen LogP contribution in [-0.4, -0.2) is 66.5 Å². The van der Waals surface area contributed by atoms with Gasteiger partial charge in [0.05, 0.1) is 28.4 Å². The summed E-state index contributed by atoms with van der Waals surface area (Å²) in [7, 11) is 0. The summed E-state index contributed by atoms with van der Waals surface area (Å²) in [5.41, 5.74) is 0.980. The summed E-state index contributed by atoms with van der Waals surface area (Å²) < 4.78 is 5.53. The maximum absolute atomic E-state index is 10.9. The van der Waals surface area contributed by atoms with Crippen molar-refractivity contribution in [3.63, 3.8) is 0 Å². The van der Waals surface area contributed by atoms with Crippen molar-refractivity contribution in [3.8, 4) is 6.07 Å². The van der Waals surface area contributed by atoms with Crippen molar-refractivity contribution in [2.24, 2.45) is 0 Å². The smallest absolute Gasteiger partial charge is 0.270 e. The van der Waals surface area contributed by atoms with Gasteiger partial charge in [-0.2, -0.15) is 5.26 Å². The van der Waals surface area contributed by atoms with Gasteiger partial charge < -0.3 is 14.7 Å². The molecule has 8 heteroatoms. The predicted octanol–water partition coefficient (Wildman–Crippen LogP) is 1.13. The Bertz CT molecular complexity index is 661. The number of nitro groups is 1. The molecule has 0 amide bonds. The van der Waals surface area contributed by atoms with E-state index in [9.17, 15) is 20.5 Å². The van der Waals surface area contributed by atoms with Gasteiger partial charge in [0.1, 0.15) is 6.07 Å². The third kappa shape index (κ3) is 4.07. The second-order valence-electron chi connectivity index (χ2n) is 6.48. The minimum absolute atomic E-state index is 0.0575. The molecule has 2 fully saturated rings. The molecule has 1 aromatic carbocycles. The standard InChI is InChI=1S/C17H22N4O4/c18-11-13-10-14(21(23)24)3-4-15(13)20-7-5-19(6-8-20)12-16(22)17-2-1-9-25-17/h3-4,10,16-17,22H,1-2,5-9,12H2/t16-,17-/m1/s1. The average Bonchev–Trinajstić information content (AvgIpc) is 3.16. The molecule has 2 atom stereocenters. The first-order valence-electron chi connectivity index (χ1n) is 8.54. The van der Waals surface area contributed by atoms with E-state index in [0.717, 1.165) is 38.2 Å². The van der Waals surface area contributed by atoms with Crippen molar-refractivity contribution >= 4 is 11.4 Å². The van der Waals surface area contributed by atoms with Crippen molar-refractivity contribution in [2.75, 3.05) is 44.2 Å². The lowest BCUT2D eigenvalue weighted by molar-refractivity contribution is -0.384. The van der Waals surface area contributed by atoms with E-state index < -0.39 is 11.0 Å². The number of hydrogen-bond donors (Lipinski definition) is 1. The highest BCUT2D eigenvalue weighted by Crippen LogP contribution is 2.26. The Labute approximate surface area is 146 Å². The Morgan fingerprint density at radius 3 is 2.76 bits per heavy atom. The van der Waals surface area contributed by atoms with Gasteiger partial charge >= 0.3 is 0 Å². The lowest BCUT2D eigenvalue weighted by Crippen LogP contribution is -2.50. The van der Waals surface area contributed by atoms with Crippen LogP contribution in [0.25, 0.3) is 0 Å². The van der Waals surface area contributed by atoms with E-state index in [-0.39, 0.29) is 11.8 Å². The number of nitriles is 1. The van der Waals surface area contributed by atoms with Gasteiger partial charge in [-0.15, -0.1) is 0 Å². The molecule has 0 unspecified atom stereocenters. The number of ether oxygens (including phenoxy) is 1. The van der Waals surface area contributed by atoms with Gasteiger partial charge in [0.25, 0.3) is 5.69 Å². The Morgan fingerprint density at radius 2 is 2.16 bits per heavy atom. The van der Waals surface area contributed by atoms with Crippen molar-refractivity contribution in [1.29, 1.82) is 5.26 Å². The van der Waals surface area contributed by atoms with Crippen LogP contribution in [0.1, 0.15) is 18.4 Å². The second kappa shape index (κ2) is 7.78. The van der Waals surface area contributed by atoms with Crippen molar-refractivity contribution in [2.45, 2.75) is 25.0 Å². The largest absolute Gasteiger partial charge is 0.389 e. The van der Waals surface area contributed by atoms with Crippen LogP contribution in [0.3, 0.4) is 0 Å². The van der Waals surface area contributed by atoms with Crippen LogP contribution in [-0.2, 0) is 4.74 Å². The number of β-amino-alcohol motifs (C(OH)–C–C–N with tert-alkyl or cyclic N) is 1. The Hall–Kier alpha value is -2.21. The molecule has 1 aromatic rings. The van der Waals surface area contributed by atoms with Crippen molar-refractivity contribution in [3.05, 3.63) is 33.9 Å². The molecule has 1 N–H and O–H groups in total. The molecule has 0 saturated carbocycles. The van der Waals surface area contributed by atoms with Gasteiger partial charge in [0.15, 0.2) is 0 Å². The number of nitrogens with zero attached hydrogens (tertiary/aromatic N) is 4. The first-order valence-corrected chi connectivity index (χ1v) is 8.54. The van der Waals surface area contributed by atoms with Gasteiger partial charge in [-0.25, -0.2) is 0 Å². The summed E-state index contributed by atoms with van der Waals surface area (Å²) >= 11 is 0. The zero-order valence-electron chi connectivity index (χ0n) is 14.0. The second-order valence-corrected chi connectivity index (χ2v) is 6.48. The number of piperazine rings is 1. The Kier molecular flexibility index (Phi) is 5.48. The molecule has 2 aliphatic rings. The van der Waals surface area contributed by atoms with Crippen LogP contribution in [0.4, 0.5) is 11.4 Å². The number of rotatable bonds is 5. The first-order chi connectivity index (χ1) is 12.1. The molecule has 8 nitrogen and oxygen atoms in total. The normalized spacial score (nSPS) is 22.6. The van der Waals surface area contributed by atoms with E-state index in [1.165, 1.54) is 12.1 Å². The third-order valence-electron chi connectivity index (χ3n) is 4.86. The lowest BCUT2D eigenvalue weighted by Gasteiger charge is -2.37. The van der Waals surface area contributed by atoms with Gasteiger partial charge in [-0.3, -0.25) is 15.0 Å². The molecule has 25 heavy (non-hydrogen) atoms. The van der Waals surface area contributed by atoms with Gasteiger partial charge in [-0.1, -0.05) is 0 Å². The van der Waals surface area contributed by atoms with E-state index in [0.29, 0.717) is 25.2 Å². The highest BCUT2D eigenvalue weighted by atomic mass is 16.6. The van der Waals surface area contributed by atoms with E-state index in [4.69, 9.17) is 4.74 Å². The number of aliphatic hydroxyl groups is 1. The van der Waals surface area contributed by atoms with Crippen molar-refractivity contribution < 1.29 is 14.8 Å². The molecule has 2 saturated heterocycles. The fourth-order valence-corrected chi connectivity index (χ4v) is 3.46. The minimum Gasteiger partial charge on any atom is -0.389 e. The van der Waals surface area contributed by atoms with E-state index in [2.05, 4.69) is 15.9 Å². The molecule has 2 heterocycles. The number of nitro benzene ring substituents is 1. The van der Waals surface area contributed by atoms with Crippen LogP contribution in [0, 0.1) is 21.4 Å². The highest BCUT2D eigenvalue weighted by molar-refractivity contribution is 5.63. The summed E-state index contributed by atoms with van der Waals surface area (Å²) in [6.07, 6.45) is 1.39. The zero-order valence-corrected chi connectivity index (χ0v) is 14.0. The Morgan fingerprint density at radius 1 is 1.40 bits per heavy atom. The van der Waals surface area contributed by atoms with Crippen molar-refractivity contribution in [1.82, 2.24) is 4.90 Å². The number of hydrogen-bond acceptors (Lipinski definition) is 7. The molecule has 0 bridgehead atoms. The number of aliphatic hydroxyl groups excluding tert-OH is 1. The summed E-state index contributed by atoms with van der Waals surface area (Å²) in [4.78, 5) is 14.6. The maximum Gasteiger partial charge on any atom is 0.270 e. The molecular formula is C17H22N4O4. The topological polar surface area (TPSA) is 103 Å². The van der Waals surface area contributed by atoms with Gasteiger partial charge in [0, 0.05) is 51.5 Å². The fraction of sp³-hybridized carbons (Fsp3) is 0.588. The molecule has 0 radical (unpaired) electrons. The lowest BCUT2D eigenvalue weighted by atomic mass is 10.1. The SMILES string of the molecule is N#Cc1cc([N+](=O)[O-])ccc1N1CCN(C[C@@H](O)[C@H]2CCCO2)CC1. The summed E-state index contributed by atoms with van der Waals surface area (Å²) in [5, 5.41) is 30.4. The third-order valence-corrected chi connectivity index (χ3v) is 4.86. The van der Waals surface area contributed by atoms with Gasteiger partial charge in [-0.05, 0) is 18.9 Å². The zero-order chi connectivity index (χ0) is 17.8. The average molecular weight is 346 g/mol. The first kappa shape index (κ1) is 17.6. The summed E-state index contributed by atoms with van der Waals surface area (Å²) in [6.45, 7) is 4.28. The maximum atomic E-state index is 10.9. The number of non-ortho nitro benzene ring substituents is 1. The van der Waals surface area contributed by atoms with Crippen LogP contribution < -0.4 is 4.90 Å².